The van der Waals surface area contributed by atoms with Crippen LogP contribution in [0.4, 0.5) is 11.4 Å². The topological polar surface area (TPSA) is 121 Å². The molecule has 0 saturated carbocycles. The van der Waals surface area contributed by atoms with Gasteiger partial charge in [0.05, 0.1) is 30.5 Å². The molecule has 0 aliphatic rings. The zero-order chi connectivity index (χ0) is 24.0. The van der Waals surface area contributed by atoms with E-state index in [1.807, 2.05) is 42.7 Å². The van der Waals surface area contributed by atoms with Gasteiger partial charge < -0.3 is 14.8 Å². The highest BCUT2D eigenvalue weighted by Gasteiger charge is 2.20. The Hall–Kier alpha value is -3.60. The van der Waals surface area contributed by atoms with Crippen LogP contribution in [0.5, 0.6) is 11.5 Å². The Balaban J connectivity index is 1.74. The van der Waals surface area contributed by atoms with Crippen molar-refractivity contribution < 1.29 is 19.2 Å². The first-order valence-electron chi connectivity index (χ1n) is 10.3. The molecule has 33 heavy (non-hydrogen) atoms. The first-order chi connectivity index (χ1) is 15.8. The highest BCUT2D eigenvalue weighted by atomic mass is 32.2. The van der Waals surface area contributed by atoms with Gasteiger partial charge in [0.15, 0.2) is 11.0 Å². The average Bonchev–Trinajstić information content (AvgIpc) is 3.23. The van der Waals surface area contributed by atoms with Crippen molar-refractivity contribution in [1.82, 2.24) is 14.8 Å². The second-order valence-electron chi connectivity index (χ2n) is 7.20. The maximum Gasteiger partial charge on any atom is 0.296 e. The lowest BCUT2D eigenvalue weighted by Crippen LogP contribution is -2.16. The van der Waals surface area contributed by atoms with Gasteiger partial charge in [-0.15, -0.1) is 10.2 Å². The minimum atomic E-state index is -0.554. The third-order valence-electron chi connectivity index (χ3n) is 4.61. The molecule has 0 bridgehead atoms. The van der Waals surface area contributed by atoms with E-state index in [9.17, 15) is 14.9 Å². The van der Waals surface area contributed by atoms with Gasteiger partial charge in [-0.3, -0.25) is 19.5 Å². The maximum absolute atomic E-state index is 12.5. The van der Waals surface area contributed by atoms with E-state index in [1.54, 1.807) is 20.1 Å². The number of aromatic nitrogens is 3. The van der Waals surface area contributed by atoms with Gasteiger partial charge in [-0.1, -0.05) is 11.8 Å². The highest BCUT2D eigenvalue weighted by Crippen LogP contribution is 2.31. The first-order valence-corrected chi connectivity index (χ1v) is 11.3. The van der Waals surface area contributed by atoms with Crippen molar-refractivity contribution in [2.75, 3.05) is 24.8 Å². The zero-order valence-electron chi connectivity index (χ0n) is 18.8. The number of ether oxygens (including phenoxy) is 2. The van der Waals surface area contributed by atoms with Crippen LogP contribution in [0.25, 0.3) is 11.4 Å². The van der Waals surface area contributed by atoms with Gasteiger partial charge in [-0.2, -0.15) is 0 Å². The zero-order valence-corrected chi connectivity index (χ0v) is 19.6. The van der Waals surface area contributed by atoms with E-state index in [2.05, 4.69) is 15.5 Å². The summed E-state index contributed by atoms with van der Waals surface area (Å²) in [6.45, 7) is 6.18. The van der Waals surface area contributed by atoms with Crippen molar-refractivity contribution in [2.24, 2.45) is 0 Å². The number of benzene rings is 2. The van der Waals surface area contributed by atoms with Crippen molar-refractivity contribution >= 4 is 29.0 Å². The van der Waals surface area contributed by atoms with Crippen molar-refractivity contribution in [3.05, 3.63) is 52.6 Å². The van der Waals surface area contributed by atoms with Gasteiger partial charge in [0.1, 0.15) is 17.2 Å². The second-order valence-corrected chi connectivity index (χ2v) is 8.15. The summed E-state index contributed by atoms with van der Waals surface area (Å²) in [6.07, 6.45) is 0. The van der Waals surface area contributed by atoms with Gasteiger partial charge >= 0.3 is 0 Å². The van der Waals surface area contributed by atoms with E-state index in [-0.39, 0.29) is 23.2 Å². The summed E-state index contributed by atoms with van der Waals surface area (Å²) in [6, 6.07) is 11.9. The molecule has 1 amide bonds. The third-order valence-corrected chi connectivity index (χ3v) is 5.56. The van der Waals surface area contributed by atoms with Gasteiger partial charge in [-0.25, -0.2) is 0 Å². The number of nitro groups is 1. The summed E-state index contributed by atoms with van der Waals surface area (Å²) >= 11 is 1.21. The minimum absolute atomic E-state index is 0.0117. The lowest BCUT2D eigenvalue weighted by molar-refractivity contribution is -0.384. The molecule has 11 heteroatoms. The van der Waals surface area contributed by atoms with Crippen LogP contribution in [0, 0.1) is 10.1 Å². The third kappa shape index (κ3) is 5.80. The Kier molecular flexibility index (Phi) is 7.88. The lowest BCUT2D eigenvalue weighted by atomic mass is 10.2. The monoisotopic (exact) mass is 471 g/mol. The molecule has 0 radical (unpaired) electrons. The highest BCUT2D eigenvalue weighted by molar-refractivity contribution is 7.99. The molecule has 3 rings (SSSR count). The molecule has 2 aromatic carbocycles. The summed E-state index contributed by atoms with van der Waals surface area (Å²) in [7, 11) is 1.60. The Morgan fingerprint density at radius 3 is 2.48 bits per heavy atom. The largest absolute Gasteiger partial charge is 0.497 e. The molecular formula is C22H25N5O5S. The summed E-state index contributed by atoms with van der Waals surface area (Å²) in [5.41, 5.74) is 0.753. The predicted octanol–water partition coefficient (Wildman–Crippen LogP) is 4.57. The molecule has 0 atom stereocenters. The number of nitrogens with one attached hydrogen (secondary N) is 1. The Morgan fingerprint density at radius 1 is 1.18 bits per heavy atom. The molecule has 0 aliphatic carbocycles. The molecular weight excluding hydrogens is 446 g/mol. The molecule has 1 aromatic heterocycles. The summed E-state index contributed by atoms with van der Waals surface area (Å²) in [4.78, 5) is 23.4. The van der Waals surface area contributed by atoms with E-state index in [1.165, 1.54) is 23.9 Å². The lowest BCUT2D eigenvalue weighted by Gasteiger charge is -2.14. The Labute approximate surface area is 195 Å². The molecule has 0 spiro atoms. The van der Waals surface area contributed by atoms with Gasteiger partial charge in [0.25, 0.3) is 5.69 Å². The van der Waals surface area contributed by atoms with Gasteiger partial charge in [0, 0.05) is 11.6 Å². The maximum atomic E-state index is 12.5. The summed E-state index contributed by atoms with van der Waals surface area (Å²) in [5, 5.41) is 23.1. The molecule has 0 saturated heterocycles. The SMILES string of the molecule is CCOc1ccc(NC(=O)CSc2nnc(-c3ccc(OC)cc3)n2C(C)C)c([N+](=O)[O-])c1. The fourth-order valence-electron chi connectivity index (χ4n) is 3.12. The fourth-order valence-corrected chi connectivity index (χ4v) is 3.99. The number of rotatable bonds is 10. The number of methoxy groups -OCH3 is 1. The number of anilines is 1. The number of hydrogen-bond donors (Lipinski definition) is 1. The number of carbonyl (C=O) groups is 1. The molecule has 0 unspecified atom stereocenters. The minimum Gasteiger partial charge on any atom is -0.497 e. The van der Waals surface area contributed by atoms with Crippen LogP contribution >= 0.6 is 11.8 Å². The van der Waals surface area contributed by atoms with E-state index in [4.69, 9.17) is 9.47 Å². The standard InChI is InChI=1S/C22H25N5O5S/c1-5-32-17-10-11-18(19(12-17)27(29)30)23-20(28)13-33-22-25-24-21(26(22)14(2)3)15-6-8-16(31-4)9-7-15/h6-12,14H,5,13H2,1-4H3,(H,23,28). The molecule has 174 valence electrons. The first kappa shape index (κ1) is 24.1. The molecule has 0 aliphatic heterocycles. The Bertz CT molecular complexity index is 1130. The van der Waals surface area contributed by atoms with E-state index in [0.717, 1.165) is 11.3 Å². The van der Waals surface area contributed by atoms with Crippen molar-refractivity contribution in [2.45, 2.75) is 32.0 Å². The number of carbonyl (C=O) groups excluding carboxylic acids is 1. The molecule has 1 heterocycles. The average molecular weight is 472 g/mol. The van der Waals surface area contributed by atoms with E-state index >= 15 is 0 Å². The molecule has 3 aromatic rings. The van der Waals surface area contributed by atoms with Crippen LogP contribution in [0.1, 0.15) is 26.8 Å². The van der Waals surface area contributed by atoms with Crippen molar-refractivity contribution in [3.63, 3.8) is 0 Å². The van der Waals surface area contributed by atoms with Gasteiger partial charge in [0.2, 0.25) is 5.91 Å². The number of thioether (sulfide) groups is 1. The van der Waals surface area contributed by atoms with Gasteiger partial charge in [-0.05, 0) is 57.2 Å². The summed E-state index contributed by atoms with van der Waals surface area (Å²) < 4.78 is 12.4. The normalized spacial score (nSPS) is 10.8. The number of nitrogens with zero attached hydrogens (tertiary/aromatic N) is 4. The van der Waals surface area contributed by atoms with Crippen LogP contribution in [0.15, 0.2) is 47.6 Å². The molecule has 1 N–H and O–H groups in total. The van der Waals surface area contributed by atoms with E-state index in [0.29, 0.717) is 23.3 Å². The van der Waals surface area contributed by atoms with Crippen LogP contribution in [0.2, 0.25) is 0 Å². The number of hydrogen-bond acceptors (Lipinski definition) is 8. The second kappa shape index (κ2) is 10.8. The molecule has 0 fully saturated rings. The Morgan fingerprint density at radius 2 is 1.88 bits per heavy atom. The van der Waals surface area contributed by atoms with Crippen molar-refractivity contribution in [1.29, 1.82) is 0 Å². The summed E-state index contributed by atoms with van der Waals surface area (Å²) in [5.74, 6) is 1.41. The number of nitro benzene ring substituents is 1. The van der Waals surface area contributed by atoms with Crippen LogP contribution in [0.3, 0.4) is 0 Å². The molecule has 10 nitrogen and oxygen atoms in total. The van der Waals surface area contributed by atoms with Crippen LogP contribution in [-0.2, 0) is 4.79 Å². The van der Waals surface area contributed by atoms with Crippen LogP contribution in [-0.4, -0.2) is 45.1 Å². The quantitative estimate of drug-likeness (QED) is 0.259. The fraction of sp³-hybridized carbons (Fsp3) is 0.318. The van der Waals surface area contributed by atoms with Crippen molar-refractivity contribution in [3.8, 4) is 22.9 Å². The number of amides is 1. The van der Waals surface area contributed by atoms with Crippen LogP contribution < -0.4 is 14.8 Å². The van der Waals surface area contributed by atoms with E-state index < -0.39 is 10.8 Å². The predicted molar refractivity (Wildman–Crippen MR) is 126 cm³/mol. The smallest absolute Gasteiger partial charge is 0.296 e.